The molecule has 0 heterocycles. The third-order valence-corrected chi connectivity index (χ3v) is 5.10. The SMILES string of the molecule is CCCCCCCCCCCCCCCCOOCCCS(=O)(=O)O. The Morgan fingerprint density at radius 1 is 0.600 bits per heavy atom. The van der Waals surface area contributed by atoms with E-state index < -0.39 is 10.1 Å². The van der Waals surface area contributed by atoms with Gasteiger partial charge in [0.15, 0.2) is 0 Å². The van der Waals surface area contributed by atoms with Crippen molar-refractivity contribution in [3.63, 3.8) is 0 Å². The first kappa shape index (κ1) is 24.8. The Morgan fingerprint density at radius 2 is 0.960 bits per heavy atom. The summed E-state index contributed by atoms with van der Waals surface area (Å²) >= 11 is 0. The molecule has 5 nitrogen and oxygen atoms in total. The zero-order valence-corrected chi connectivity index (χ0v) is 17.0. The Balaban J connectivity index is 3.03. The van der Waals surface area contributed by atoms with Gasteiger partial charge >= 0.3 is 0 Å². The van der Waals surface area contributed by atoms with Gasteiger partial charge < -0.3 is 0 Å². The third-order valence-electron chi connectivity index (χ3n) is 4.29. The molecule has 0 unspecified atom stereocenters. The lowest BCUT2D eigenvalue weighted by atomic mass is 10.0. The van der Waals surface area contributed by atoms with Crippen LogP contribution in [0.15, 0.2) is 0 Å². The summed E-state index contributed by atoms with van der Waals surface area (Å²) in [7, 11) is -3.88. The van der Waals surface area contributed by atoms with E-state index in [4.69, 9.17) is 14.3 Å². The number of rotatable bonds is 20. The van der Waals surface area contributed by atoms with Crippen molar-refractivity contribution in [2.45, 2.75) is 103 Å². The highest BCUT2D eigenvalue weighted by atomic mass is 32.2. The first-order chi connectivity index (χ1) is 12.1. The Hall–Kier alpha value is -0.170. The van der Waals surface area contributed by atoms with Crippen LogP contribution in [0.25, 0.3) is 0 Å². The summed E-state index contributed by atoms with van der Waals surface area (Å²) in [5, 5.41) is 0. The summed E-state index contributed by atoms with van der Waals surface area (Å²) in [6.45, 7) is 3.00. The molecule has 0 atom stereocenters. The van der Waals surface area contributed by atoms with E-state index in [-0.39, 0.29) is 18.8 Å². The normalized spacial score (nSPS) is 11.9. The molecule has 0 saturated carbocycles. The Morgan fingerprint density at radius 3 is 1.36 bits per heavy atom. The van der Waals surface area contributed by atoms with Gasteiger partial charge in [0.1, 0.15) is 0 Å². The van der Waals surface area contributed by atoms with Crippen LogP contribution in [-0.4, -0.2) is 31.9 Å². The van der Waals surface area contributed by atoms with E-state index in [1.54, 1.807) is 0 Å². The molecule has 0 bridgehead atoms. The van der Waals surface area contributed by atoms with Gasteiger partial charge in [0.05, 0.1) is 19.0 Å². The first-order valence-corrected chi connectivity index (χ1v) is 11.9. The first-order valence-electron chi connectivity index (χ1n) is 10.3. The van der Waals surface area contributed by atoms with Crippen molar-refractivity contribution in [2.24, 2.45) is 0 Å². The van der Waals surface area contributed by atoms with Crippen LogP contribution in [0, 0.1) is 0 Å². The molecular weight excluding hydrogens is 340 g/mol. The van der Waals surface area contributed by atoms with Gasteiger partial charge in [-0.1, -0.05) is 90.4 Å². The summed E-state index contributed by atoms with van der Waals surface area (Å²) in [5.41, 5.74) is 0. The van der Waals surface area contributed by atoms with Crippen molar-refractivity contribution in [2.75, 3.05) is 19.0 Å². The lowest BCUT2D eigenvalue weighted by molar-refractivity contribution is -0.294. The van der Waals surface area contributed by atoms with Crippen molar-refractivity contribution >= 4 is 10.1 Å². The molecule has 0 aromatic heterocycles. The number of hydrogen-bond acceptors (Lipinski definition) is 4. The molecule has 0 aliphatic carbocycles. The van der Waals surface area contributed by atoms with Crippen LogP contribution in [0.5, 0.6) is 0 Å². The molecule has 0 amide bonds. The number of unbranched alkanes of at least 4 members (excludes halogenated alkanes) is 13. The Kier molecular flexibility index (Phi) is 18.5. The summed E-state index contributed by atoms with van der Waals surface area (Å²) in [5.74, 6) is -0.283. The Bertz CT molecular complexity index is 357. The summed E-state index contributed by atoms with van der Waals surface area (Å²) in [6, 6.07) is 0. The maximum Gasteiger partial charge on any atom is 0.264 e. The van der Waals surface area contributed by atoms with Gasteiger partial charge in [-0.2, -0.15) is 8.42 Å². The molecule has 0 spiro atoms. The highest BCUT2D eigenvalue weighted by Crippen LogP contribution is 2.12. The van der Waals surface area contributed by atoms with Gasteiger partial charge in [-0.3, -0.25) is 4.55 Å². The van der Waals surface area contributed by atoms with Crippen LogP contribution in [0.3, 0.4) is 0 Å². The van der Waals surface area contributed by atoms with E-state index in [1.807, 2.05) is 0 Å². The maximum absolute atomic E-state index is 10.5. The summed E-state index contributed by atoms with van der Waals surface area (Å²) in [6.07, 6.45) is 18.8. The molecule has 152 valence electrons. The highest BCUT2D eigenvalue weighted by Gasteiger charge is 2.03. The van der Waals surface area contributed by atoms with Gasteiger partial charge in [-0.05, 0) is 12.8 Å². The van der Waals surface area contributed by atoms with E-state index >= 15 is 0 Å². The second-order valence-corrected chi connectivity index (χ2v) is 8.45. The fraction of sp³-hybridized carbons (Fsp3) is 1.00. The third kappa shape index (κ3) is 23.8. The molecule has 0 rings (SSSR count). The average molecular weight is 381 g/mol. The van der Waals surface area contributed by atoms with Gasteiger partial charge in [-0.15, -0.1) is 0 Å². The molecule has 6 heteroatoms. The second kappa shape index (κ2) is 18.6. The van der Waals surface area contributed by atoms with Gasteiger partial charge in [0.25, 0.3) is 10.1 Å². The van der Waals surface area contributed by atoms with E-state index in [0.717, 1.165) is 12.8 Å². The smallest absolute Gasteiger partial charge is 0.264 e. The van der Waals surface area contributed by atoms with E-state index in [2.05, 4.69) is 6.92 Å². The summed E-state index contributed by atoms with van der Waals surface area (Å²) in [4.78, 5) is 9.85. The monoisotopic (exact) mass is 380 g/mol. The van der Waals surface area contributed by atoms with Crippen LogP contribution in [0.2, 0.25) is 0 Å². The maximum atomic E-state index is 10.5. The molecule has 0 aromatic carbocycles. The largest absolute Gasteiger partial charge is 0.286 e. The zero-order valence-electron chi connectivity index (χ0n) is 16.2. The molecule has 0 aliphatic rings. The molecule has 0 fully saturated rings. The number of hydrogen-bond donors (Lipinski definition) is 1. The van der Waals surface area contributed by atoms with Crippen molar-refractivity contribution in [1.82, 2.24) is 0 Å². The van der Waals surface area contributed by atoms with Crippen LogP contribution >= 0.6 is 0 Å². The predicted molar refractivity (Wildman–Crippen MR) is 103 cm³/mol. The van der Waals surface area contributed by atoms with Crippen molar-refractivity contribution < 1.29 is 22.7 Å². The van der Waals surface area contributed by atoms with E-state index in [9.17, 15) is 8.42 Å². The highest BCUT2D eigenvalue weighted by molar-refractivity contribution is 7.85. The summed E-state index contributed by atoms with van der Waals surface area (Å²) < 4.78 is 29.5. The zero-order chi connectivity index (χ0) is 18.6. The topological polar surface area (TPSA) is 72.8 Å². The second-order valence-electron chi connectivity index (χ2n) is 6.88. The van der Waals surface area contributed by atoms with Gasteiger partial charge in [-0.25, -0.2) is 9.78 Å². The lowest BCUT2D eigenvalue weighted by Crippen LogP contribution is -2.07. The van der Waals surface area contributed by atoms with Crippen molar-refractivity contribution in [3.8, 4) is 0 Å². The van der Waals surface area contributed by atoms with Crippen LogP contribution in [0.4, 0.5) is 0 Å². The van der Waals surface area contributed by atoms with E-state index in [0.29, 0.717) is 6.61 Å². The molecular formula is C19H40O5S. The van der Waals surface area contributed by atoms with Crippen molar-refractivity contribution in [3.05, 3.63) is 0 Å². The molecule has 1 N–H and O–H groups in total. The fourth-order valence-electron chi connectivity index (χ4n) is 2.77. The molecule has 0 aromatic rings. The van der Waals surface area contributed by atoms with Crippen LogP contribution in [0.1, 0.15) is 103 Å². The Labute approximate surface area is 155 Å². The van der Waals surface area contributed by atoms with Gasteiger partial charge in [0, 0.05) is 0 Å². The van der Waals surface area contributed by atoms with E-state index in [1.165, 1.54) is 77.0 Å². The van der Waals surface area contributed by atoms with Crippen LogP contribution < -0.4 is 0 Å². The minimum atomic E-state index is -3.88. The van der Waals surface area contributed by atoms with Gasteiger partial charge in [0.2, 0.25) is 0 Å². The average Bonchev–Trinajstić information content (AvgIpc) is 2.56. The van der Waals surface area contributed by atoms with Crippen molar-refractivity contribution in [1.29, 1.82) is 0 Å². The molecule has 0 radical (unpaired) electrons. The molecule has 0 aliphatic heterocycles. The quantitative estimate of drug-likeness (QED) is 0.127. The molecule has 0 saturated heterocycles. The minimum absolute atomic E-state index is 0.193. The fourth-order valence-corrected chi connectivity index (χ4v) is 3.26. The minimum Gasteiger partial charge on any atom is -0.286 e. The predicted octanol–water partition coefficient (Wildman–Crippen LogP) is 5.69. The van der Waals surface area contributed by atoms with Crippen LogP contribution in [-0.2, 0) is 19.9 Å². The molecule has 25 heavy (non-hydrogen) atoms. The lowest BCUT2D eigenvalue weighted by Gasteiger charge is -2.04. The standard InChI is InChI=1S/C19H40O5S/c1-2-3-4-5-6-7-8-9-10-11-12-13-14-15-17-23-24-18-16-19-25(20,21)22/h2-19H2,1H3,(H,20,21,22).